The van der Waals surface area contributed by atoms with Gasteiger partial charge < -0.3 is 4.90 Å². The van der Waals surface area contributed by atoms with Crippen LogP contribution in [0.3, 0.4) is 0 Å². The summed E-state index contributed by atoms with van der Waals surface area (Å²) in [5.41, 5.74) is 2.68. The van der Waals surface area contributed by atoms with Crippen LogP contribution in [0.2, 0.25) is 0 Å². The third-order valence-electron chi connectivity index (χ3n) is 6.61. The first-order valence-corrected chi connectivity index (χ1v) is 10.3. The van der Waals surface area contributed by atoms with Gasteiger partial charge >= 0.3 is 0 Å². The van der Waals surface area contributed by atoms with Crippen LogP contribution in [0.1, 0.15) is 41.1 Å². The lowest BCUT2D eigenvalue weighted by molar-refractivity contribution is 0.0651. The second-order valence-corrected chi connectivity index (χ2v) is 8.36. The van der Waals surface area contributed by atoms with Crippen molar-refractivity contribution in [1.29, 1.82) is 0 Å². The molecule has 0 radical (unpaired) electrons. The number of aryl methyl sites for hydroxylation is 2. The zero-order valence-electron chi connectivity index (χ0n) is 17.2. The van der Waals surface area contributed by atoms with Crippen LogP contribution < -0.4 is 5.56 Å². The quantitative estimate of drug-likeness (QED) is 0.651. The molecule has 0 atom stereocenters. The molecule has 2 aliphatic heterocycles. The molecule has 3 aromatic rings. The molecule has 2 aromatic heterocycles. The normalized spacial score (nSPS) is 17.3. The van der Waals surface area contributed by atoms with Crippen molar-refractivity contribution in [3.8, 4) is 11.3 Å². The van der Waals surface area contributed by atoms with Gasteiger partial charge in [-0.1, -0.05) is 29.8 Å². The summed E-state index contributed by atoms with van der Waals surface area (Å²) in [6.07, 6.45) is 4.07. The van der Waals surface area contributed by atoms with Crippen molar-refractivity contribution in [3.63, 3.8) is 0 Å². The van der Waals surface area contributed by atoms with Crippen molar-refractivity contribution >= 4 is 5.91 Å². The van der Waals surface area contributed by atoms with Gasteiger partial charge in [-0.15, -0.1) is 10.2 Å². The van der Waals surface area contributed by atoms with Crippen LogP contribution in [0.5, 0.6) is 0 Å². The number of rotatable bonds is 2. The third-order valence-corrected chi connectivity index (χ3v) is 6.61. The number of nitrogens with zero attached hydrogens (tertiary/aromatic N) is 6. The van der Waals surface area contributed by atoms with Crippen molar-refractivity contribution in [1.82, 2.24) is 29.4 Å². The summed E-state index contributed by atoms with van der Waals surface area (Å²) in [4.78, 5) is 27.8. The van der Waals surface area contributed by atoms with Crippen LogP contribution in [-0.2, 0) is 19.0 Å². The molecular formula is C22H24N6O2. The molecule has 1 fully saturated rings. The van der Waals surface area contributed by atoms with Gasteiger partial charge in [0.05, 0.1) is 0 Å². The van der Waals surface area contributed by atoms with Crippen LogP contribution >= 0.6 is 0 Å². The van der Waals surface area contributed by atoms with E-state index in [4.69, 9.17) is 0 Å². The summed E-state index contributed by atoms with van der Waals surface area (Å²) in [6.45, 7) is 3.94. The fourth-order valence-electron chi connectivity index (χ4n) is 4.71. The van der Waals surface area contributed by atoms with E-state index in [1.807, 2.05) is 36.1 Å². The largest absolute Gasteiger partial charge is 0.337 e. The number of fused-ring (bicyclic) bond motifs is 2. The number of carbonyl (C=O) groups excluding carboxylic acids is 1. The summed E-state index contributed by atoms with van der Waals surface area (Å²) in [6, 6.07) is 9.53. The average molecular weight is 404 g/mol. The van der Waals surface area contributed by atoms with Crippen molar-refractivity contribution < 1.29 is 4.79 Å². The van der Waals surface area contributed by atoms with E-state index in [0.717, 1.165) is 36.2 Å². The minimum atomic E-state index is -0.179. The van der Waals surface area contributed by atoms with Gasteiger partial charge in [0.1, 0.15) is 11.5 Å². The molecule has 2 aliphatic rings. The first kappa shape index (κ1) is 18.7. The van der Waals surface area contributed by atoms with Gasteiger partial charge in [-0.25, -0.2) is 0 Å². The van der Waals surface area contributed by atoms with Crippen LogP contribution in [0.25, 0.3) is 11.3 Å². The first-order valence-electron chi connectivity index (χ1n) is 10.3. The Balaban J connectivity index is 1.40. The zero-order chi connectivity index (χ0) is 20.9. The number of benzene rings is 1. The van der Waals surface area contributed by atoms with Gasteiger partial charge in [0.25, 0.3) is 11.5 Å². The van der Waals surface area contributed by atoms with Crippen LogP contribution in [0, 0.1) is 6.92 Å². The van der Waals surface area contributed by atoms with Crippen LogP contribution in [0.4, 0.5) is 0 Å². The van der Waals surface area contributed by atoms with Crippen molar-refractivity contribution in [2.24, 2.45) is 7.05 Å². The topological polar surface area (TPSA) is 85.9 Å². The number of likely N-dealkylation sites (tertiary alicyclic amines) is 1. The molecule has 5 rings (SSSR count). The van der Waals surface area contributed by atoms with E-state index in [1.165, 1.54) is 0 Å². The Hall–Kier alpha value is -3.29. The Morgan fingerprint density at radius 3 is 2.37 bits per heavy atom. The van der Waals surface area contributed by atoms with E-state index in [9.17, 15) is 9.59 Å². The van der Waals surface area contributed by atoms with E-state index < -0.39 is 0 Å². The molecule has 0 saturated carbocycles. The molecule has 8 nitrogen and oxygen atoms in total. The summed E-state index contributed by atoms with van der Waals surface area (Å²) >= 11 is 0. The van der Waals surface area contributed by atoms with E-state index >= 15 is 0 Å². The zero-order valence-corrected chi connectivity index (χ0v) is 17.2. The second kappa shape index (κ2) is 6.90. The van der Waals surface area contributed by atoms with Gasteiger partial charge in [-0.2, -0.15) is 5.10 Å². The molecule has 8 heteroatoms. The van der Waals surface area contributed by atoms with Gasteiger partial charge in [-0.05, 0) is 32.3 Å². The maximum Gasteiger partial charge on any atom is 0.280 e. The minimum Gasteiger partial charge on any atom is -0.337 e. The van der Waals surface area contributed by atoms with Gasteiger partial charge in [-0.3, -0.25) is 18.8 Å². The Labute approximate surface area is 174 Å². The predicted molar refractivity (Wildman–Crippen MR) is 111 cm³/mol. The monoisotopic (exact) mass is 404 g/mol. The van der Waals surface area contributed by atoms with Crippen LogP contribution in [0.15, 0.2) is 41.3 Å². The fraction of sp³-hybridized carbons (Fsp3) is 0.409. The predicted octanol–water partition coefficient (Wildman–Crippen LogP) is 1.92. The number of hydrogen-bond acceptors (Lipinski definition) is 5. The lowest BCUT2D eigenvalue weighted by atomic mass is 9.76. The maximum absolute atomic E-state index is 13.1. The summed E-state index contributed by atoms with van der Waals surface area (Å²) in [5, 5.41) is 12.9. The number of piperidine rings is 1. The molecule has 0 unspecified atom stereocenters. The highest BCUT2D eigenvalue weighted by Gasteiger charge is 2.45. The molecular weight excluding hydrogens is 380 g/mol. The second-order valence-electron chi connectivity index (χ2n) is 8.36. The molecule has 154 valence electrons. The van der Waals surface area contributed by atoms with E-state index in [1.54, 1.807) is 28.6 Å². The van der Waals surface area contributed by atoms with E-state index in [-0.39, 0.29) is 16.9 Å². The van der Waals surface area contributed by atoms with Crippen molar-refractivity contribution in [3.05, 3.63) is 64.0 Å². The number of amides is 1. The summed E-state index contributed by atoms with van der Waals surface area (Å²) < 4.78 is 3.40. The van der Waals surface area contributed by atoms with Gasteiger partial charge in [0.2, 0.25) is 0 Å². The summed E-state index contributed by atoms with van der Waals surface area (Å²) in [5.74, 6) is 0.775. The molecule has 0 N–H and O–H groups in total. The molecule has 0 bridgehead atoms. The summed E-state index contributed by atoms with van der Waals surface area (Å²) in [7, 11) is 1.78. The average Bonchev–Trinajstić information content (AvgIpc) is 3.34. The Morgan fingerprint density at radius 2 is 1.70 bits per heavy atom. The third kappa shape index (κ3) is 2.86. The molecule has 0 aliphatic carbocycles. The smallest absolute Gasteiger partial charge is 0.280 e. The Kier molecular flexibility index (Phi) is 4.30. The number of hydrogen-bond donors (Lipinski definition) is 0. The highest BCUT2D eigenvalue weighted by Crippen LogP contribution is 2.41. The lowest BCUT2D eigenvalue weighted by Crippen LogP contribution is -2.45. The fourth-order valence-corrected chi connectivity index (χ4v) is 4.71. The number of aromatic nitrogens is 5. The van der Waals surface area contributed by atoms with Crippen molar-refractivity contribution in [2.45, 2.75) is 38.1 Å². The lowest BCUT2D eigenvalue weighted by Gasteiger charge is -2.38. The minimum absolute atomic E-state index is 0.000963. The molecule has 1 aromatic carbocycles. The van der Waals surface area contributed by atoms with Crippen LogP contribution in [-0.4, -0.2) is 48.4 Å². The standard InChI is InChI=1S/C22H24N6O2/c1-15-3-5-16(6-4-15)18-20(30)28-14-10-22(21(28)25-24-18)8-12-27(13-9-22)19(29)17-7-11-23-26(17)2/h3-7,11H,8-10,12-14H2,1-2H3. The Bertz CT molecular complexity index is 1170. The van der Waals surface area contributed by atoms with E-state index in [2.05, 4.69) is 15.3 Å². The highest BCUT2D eigenvalue weighted by molar-refractivity contribution is 5.92. The van der Waals surface area contributed by atoms with Crippen molar-refractivity contribution in [2.75, 3.05) is 13.1 Å². The van der Waals surface area contributed by atoms with Gasteiger partial charge in [0, 0.05) is 43.9 Å². The molecule has 1 saturated heterocycles. The molecule has 1 amide bonds. The molecule has 1 spiro atoms. The molecule has 4 heterocycles. The molecule has 30 heavy (non-hydrogen) atoms. The van der Waals surface area contributed by atoms with E-state index in [0.29, 0.717) is 31.0 Å². The Morgan fingerprint density at radius 1 is 1.00 bits per heavy atom. The van der Waals surface area contributed by atoms with Gasteiger partial charge in [0.15, 0.2) is 5.69 Å². The SMILES string of the molecule is Cc1ccc(-c2nnc3n(c2=O)CCC32CCN(C(=O)c3ccnn3C)CC2)cc1. The number of carbonyl (C=O) groups is 1. The maximum atomic E-state index is 13.1. The first-order chi connectivity index (χ1) is 14.5. The highest BCUT2D eigenvalue weighted by atomic mass is 16.2.